The lowest BCUT2D eigenvalue weighted by atomic mass is 10.0. The highest BCUT2D eigenvalue weighted by Gasteiger charge is 2.28. The van der Waals surface area contributed by atoms with Crippen LogP contribution in [0.3, 0.4) is 0 Å². The van der Waals surface area contributed by atoms with Crippen molar-refractivity contribution in [3.63, 3.8) is 0 Å². The van der Waals surface area contributed by atoms with Crippen molar-refractivity contribution in [1.29, 1.82) is 0 Å². The van der Waals surface area contributed by atoms with Gasteiger partial charge in [-0.25, -0.2) is 8.42 Å². The monoisotopic (exact) mass is 292 g/mol. The summed E-state index contributed by atoms with van der Waals surface area (Å²) in [7, 11) is -3.71. The van der Waals surface area contributed by atoms with Crippen LogP contribution in [0.25, 0.3) is 0 Å². The van der Waals surface area contributed by atoms with E-state index >= 15 is 0 Å². The van der Waals surface area contributed by atoms with E-state index in [0.717, 1.165) is 0 Å². The Balaban J connectivity index is 1.97. The van der Waals surface area contributed by atoms with E-state index in [2.05, 4.69) is 20.2 Å². The molecule has 0 saturated heterocycles. The average Bonchev–Trinajstić information content (AvgIpc) is 2.98. The number of hydrogen-bond acceptors (Lipinski definition) is 4. The second-order valence-electron chi connectivity index (χ2n) is 4.54. The molecule has 7 nitrogen and oxygen atoms in total. The number of sulfonamides is 1. The number of amides is 1. The maximum absolute atomic E-state index is 12.2. The van der Waals surface area contributed by atoms with Crippen LogP contribution in [0.15, 0.2) is 35.4 Å². The van der Waals surface area contributed by atoms with Crippen molar-refractivity contribution in [2.75, 3.05) is 10.0 Å². The van der Waals surface area contributed by atoms with Crippen molar-refractivity contribution < 1.29 is 13.2 Å². The summed E-state index contributed by atoms with van der Waals surface area (Å²) in [6, 6.07) is 6.07. The SMILES string of the molecule is CC1C(=O)Nc2ccc(S(=O)(=O)Nc3ccn[nH]3)cc21. The van der Waals surface area contributed by atoms with Crippen LogP contribution in [0, 0.1) is 0 Å². The minimum absolute atomic E-state index is 0.106. The van der Waals surface area contributed by atoms with Crippen LogP contribution in [0.5, 0.6) is 0 Å². The van der Waals surface area contributed by atoms with E-state index in [1.165, 1.54) is 24.4 Å². The molecule has 1 aromatic carbocycles. The Morgan fingerprint density at radius 2 is 2.10 bits per heavy atom. The maximum atomic E-state index is 12.2. The van der Waals surface area contributed by atoms with Gasteiger partial charge in [0.1, 0.15) is 5.82 Å². The molecule has 0 bridgehead atoms. The predicted molar refractivity (Wildman–Crippen MR) is 72.9 cm³/mol. The molecule has 3 N–H and O–H groups in total. The molecule has 0 aliphatic carbocycles. The lowest BCUT2D eigenvalue weighted by Crippen LogP contribution is -2.13. The van der Waals surface area contributed by atoms with Gasteiger partial charge in [0.05, 0.1) is 17.0 Å². The number of rotatable bonds is 3. The van der Waals surface area contributed by atoms with Gasteiger partial charge in [-0.1, -0.05) is 0 Å². The minimum Gasteiger partial charge on any atom is -0.325 e. The van der Waals surface area contributed by atoms with Crippen LogP contribution in [0.2, 0.25) is 0 Å². The van der Waals surface area contributed by atoms with Gasteiger partial charge in [0.15, 0.2) is 0 Å². The number of H-pyrrole nitrogens is 1. The highest BCUT2D eigenvalue weighted by Crippen LogP contribution is 2.33. The largest absolute Gasteiger partial charge is 0.325 e. The lowest BCUT2D eigenvalue weighted by molar-refractivity contribution is -0.116. The number of aromatic amines is 1. The van der Waals surface area contributed by atoms with E-state index in [9.17, 15) is 13.2 Å². The van der Waals surface area contributed by atoms with Gasteiger partial charge in [-0.2, -0.15) is 5.10 Å². The van der Waals surface area contributed by atoms with Crippen LogP contribution < -0.4 is 10.0 Å². The third-order valence-corrected chi connectivity index (χ3v) is 4.56. The van der Waals surface area contributed by atoms with E-state index in [1.54, 1.807) is 13.0 Å². The molecule has 1 unspecified atom stereocenters. The zero-order valence-corrected chi connectivity index (χ0v) is 11.4. The third kappa shape index (κ3) is 2.03. The van der Waals surface area contributed by atoms with Gasteiger partial charge in [-0.15, -0.1) is 0 Å². The molecule has 2 aromatic rings. The average molecular weight is 292 g/mol. The van der Waals surface area contributed by atoms with Crippen molar-refractivity contribution in [2.24, 2.45) is 0 Å². The highest BCUT2D eigenvalue weighted by atomic mass is 32.2. The van der Waals surface area contributed by atoms with Gasteiger partial charge in [0.25, 0.3) is 10.0 Å². The van der Waals surface area contributed by atoms with Crippen LogP contribution >= 0.6 is 0 Å². The zero-order valence-electron chi connectivity index (χ0n) is 10.5. The van der Waals surface area contributed by atoms with Crippen molar-refractivity contribution in [3.8, 4) is 0 Å². The number of benzene rings is 1. The molecule has 1 aliphatic rings. The summed E-state index contributed by atoms with van der Waals surface area (Å²) >= 11 is 0. The molecule has 1 aromatic heterocycles. The summed E-state index contributed by atoms with van der Waals surface area (Å²) in [6.07, 6.45) is 1.45. The van der Waals surface area contributed by atoms with E-state index < -0.39 is 10.0 Å². The summed E-state index contributed by atoms with van der Waals surface area (Å²) in [4.78, 5) is 11.7. The van der Waals surface area contributed by atoms with Crippen LogP contribution in [-0.2, 0) is 14.8 Å². The molecule has 1 amide bonds. The first-order valence-corrected chi connectivity index (χ1v) is 7.43. The second kappa shape index (κ2) is 4.34. The standard InChI is InChI=1S/C12H12N4O3S/c1-7-9-6-8(2-3-10(9)14-12(7)17)20(18,19)16-11-4-5-13-15-11/h2-7H,1H3,(H,14,17)(H2,13,15,16). The van der Waals surface area contributed by atoms with Crippen molar-refractivity contribution in [2.45, 2.75) is 17.7 Å². The molecule has 0 spiro atoms. The molecule has 20 heavy (non-hydrogen) atoms. The van der Waals surface area contributed by atoms with E-state index in [0.29, 0.717) is 11.3 Å². The van der Waals surface area contributed by atoms with E-state index in [4.69, 9.17) is 0 Å². The van der Waals surface area contributed by atoms with Gasteiger partial charge in [-0.05, 0) is 30.7 Å². The first-order valence-electron chi connectivity index (χ1n) is 5.94. The number of carbonyl (C=O) groups is 1. The molecular weight excluding hydrogens is 280 g/mol. The molecule has 1 atom stereocenters. The fourth-order valence-corrected chi connectivity index (χ4v) is 3.13. The Labute approximate surface area is 115 Å². The van der Waals surface area contributed by atoms with Gasteiger partial charge in [0.2, 0.25) is 5.91 Å². The van der Waals surface area contributed by atoms with Crippen molar-refractivity contribution >= 4 is 27.4 Å². The van der Waals surface area contributed by atoms with Crippen molar-refractivity contribution in [1.82, 2.24) is 10.2 Å². The second-order valence-corrected chi connectivity index (χ2v) is 6.22. The molecule has 2 heterocycles. The van der Waals surface area contributed by atoms with Gasteiger partial charge < -0.3 is 5.32 Å². The summed E-state index contributed by atoms with van der Waals surface area (Å²) in [5.74, 6) is -0.198. The summed E-state index contributed by atoms with van der Waals surface area (Å²) in [6.45, 7) is 1.74. The zero-order chi connectivity index (χ0) is 14.3. The summed E-state index contributed by atoms with van der Waals surface area (Å²) < 4.78 is 26.8. The van der Waals surface area contributed by atoms with Crippen LogP contribution in [0.4, 0.5) is 11.5 Å². The number of nitrogens with zero attached hydrogens (tertiary/aromatic N) is 1. The van der Waals surface area contributed by atoms with Crippen LogP contribution in [0.1, 0.15) is 18.4 Å². The molecule has 1 aliphatic heterocycles. The fraction of sp³-hybridized carbons (Fsp3) is 0.167. The quantitative estimate of drug-likeness (QED) is 0.792. The van der Waals surface area contributed by atoms with Crippen LogP contribution in [-0.4, -0.2) is 24.5 Å². The third-order valence-electron chi connectivity index (χ3n) is 3.20. The predicted octanol–water partition coefficient (Wildman–Crippen LogP) is 1.27. The minimum atomic E-state index is -3.71. The number of anilines is 2. The molecule has 0 fully saturated rings. The molecule has 0 saturated carbocycles. The molecular formula is C12H12N4O3S. The summed E-state index contributed by atoms with van der Waals surface area (Å²) in [5.41, 5.74) is 1.34. The van der Waals surface area contributed by atoms with E-state index in [1.807, 2.05) is 0 Å². The molecule has 3 rings (SSSR count). The Morgan fingerprint density at radius 1 is 1.30 bits per heavy atom. The number of carbonyl (C=O) groups excluding carboxylic acids is 1. The molecule has 0 radical (unpaired) electrons. The normalized spacial score (nSPS) is 17.6. The lowest BCUT2D eigenvalue weighted by Gasteiger charge is -2.08. The topological polar surface area (TPSA) is 104 Å². The Bertz CT molecular complexity index is 768. The maximum Gasteiger partial charge on any atom is 0.263 e. The highest BCUT2D eigenvalue weighted by molar-refractivity contribution is 7.92. The number of hydrogen-bond donors (Lipinski definition) is 3. The van der Waals surface area contributed by atoms with Gasteiger partial charge >= 0.3 is 0 Å². The molecule has 8 heteroatoms. The number of aromatic nitrogens is 2. The Morgan fingerprint density at radius 3 is 2.80 bits per heavy atom. The Kier molecular flexibility index (Phi) is 2.75. The summed E-state index contributed by atoms with van der Waals surface area (Å²) in [5, 5.41) is 8.90. The first-order chi connectivity index (χ1) is 9.47. The number of nitrogens with one attached hydrogen (secondary N) is 3. The molecule has 104 valence electrons. The Hall–Kier alpha value is -2.35. The van der Waals surface area contributed by atoms with Crippen molar-refractivity contribution in [3.05, 3.63) is 36.0 Å². The van der Waals surface area contributed by atoms with Gasteiger partial charge in [-0.3, -0.25) is 14.6 Å². The van der Waals surface area contributed by atoms with Gasteiger partial charge in [0, 0.05) is 11.8 Å². The van der Waals surface area contributed by atoms with E-state index in [-0.39, 0.29) is 22.5 Å². The first kappa shape index (κ1) is 12.7. The fourth-order valence-electron chi connectivity index (χ4n) is 2.08. The smallest absolute Gasteiger partial charge is 0.263 e. The number of fused-ring (bicyclic) bond motifs is 1.